The Morgan fingerprint density at radius 3 is 2.00 bits per heavy atom. The van der Waals surface area contributed by atoms with Crippen LogP contribution in [0.1, 0.15) is 40.5 Å². The smallest absolute Gasteiger partial charge is 0.258 e. The maximum atomic E-state index is 12.4. The number of ether oxygens (including phenoxy) is 1. The van der Waals surface area contributed by atoms with Crippen LogP contribution in [-0.2, 0) is 9.59 Å². The first-order chi connectivity index (χ1) is 15.7. The second kappa shape index (κ2) is 8.87. The molecule has 0 heterocycles. The highest BCUT2D eigenvalue weighted by atomic mass is 16.5. The zero-order valence-electron chi connectivity index (χ0n) is 17.8. The molecule has 0 radical (unpaired) electrons. The fraction of sp³-hybridized carbons (Fsp3) is 0.259. The molecule has 1 unspecified atom stereocenters. The van der Waals surface area contributed by atoms with Crippen LogP contribution in [0.25, 0.3) is 0 Å². The number of fused-ring (bicyclic) bond motifs is 1. The van der Waals surface area contributed by atoms with E-state index in [4.69, 9.17) is 4.74 Å². The van der Waals surface area contributed by atoms with Gasteiger partial charge in [-0.2, -0.15) is 0 Å². The van der Waals surface area contributed by atoms with Crippen molar-refractivity contribution in [2.24, 2.45) is 5.92 Å². The van der Waals surface area contributed by atoms with Gasteiger partial charge in [0.05, 0.1) is 6.54 Å². The number of para-hydroxylation sites is 1. The topological polar surface area (TPSA) is 67.4 Å². The quantitative estimate of drug-likeness (QED) is 0.607. The van der Waals surface area contributed by atoms with E-state index in [2.05, 4.69) is 59.2 Å². The zero-order chi connectivity index (χ0) is 21.9. The maximum absolute atomic E-state index is 12.4. The van der Waals surface area contributed by atoms with E-state index in [1.807, 2.05) is 18.2 Å². The first-order valence-electron chi connectivity index (χ1n) is 11.1. The Kier molecular flexibility index (Phi) is 5.63. The summed E-state index contributed by atoms with van der Waals surface area (Å²) in [4.78, 5) is 24.4. The van der Waals surface area contributed by atoms with Gasteiger partial charge in [-0.15, -0.1) is 0 Å². The van der Waals surface area contributed by atoms with Crippen molar-refractivity contribution in [2.45, 2.75) is 18.3 Å². The number of carbonyl (C=O) groups excluding carboxylic acids is 2. The monoisotopic (exact) mass is 426 g/mol. The predicted octanol–water partition coefficient (Wildman–Crippen LogP) is 3.60. The van der Waals surface area contributed by atoms with E-state index < -0.39 is 0 Å². The van der Waals surface area contributed by atoms with Crippen LogP contribution in [0.4, 0.5) is 0 Å². The lowest BCUT2D eigenvalue weighted by molar-refractivity contribution is -0.127. The lowest BCUT2D eigenvalue weighted by atomic mass is 9.59. The zero-order valence-corrected chi connectivity index (χ0v) is 17.8. The second-order valence-corrected chi connectivity index (χ2v) is 8.47. The van der Waals surface area contributed by atoms with E-state index >= 15 is 0 Å². The Morgan fingerprint density at radius 1 is 0.750 bits per heavy atom. The number of rotatable bonds is 7. The summed E-state index contributed by atoms with van der Waals surface area (Å²) in [5.74, 6) is 1.14. The molecule has 3 aromatic rings. The van der Waals surface area contributed by atoms with E-state index in [-0.39, 0.29) is 25.0 Å². The van der Waals surface area contributed by atoms with Gasteiger partial charge in [0.25, 0.3) is 5.91 Å². The summed E-state index contributed by atoms with van der Waals surface area (Å²) < 4.78 is 5.41. The van der Waals surface area contributed by atoms with Crippen LogP contribution in [0.15, 0.2) is 78.9 Å². The number of hydrogen-bond donors (Lipinski definition) is 2. The van der Waals surface area contributed by atoms with Crippen molar-refractivity contribution in [3.05, 3.63) is 101 Å². The fourth-order valence-electron chi connectivity index (χ4n) is 5.16. The molecule has 0 aromatic heterocycles. The minimum atomic E-state index is -0.316. The number of nitrogens with one attached hydrogen (secondary N) is 2. The highest BCUT2D eigenvalue weighted by Gasteiger charge is 2.42. The molecular weight excluding hydrogens is 400 g/mol. The predicted molar refractivity (Wildman–Crippen MR) is 123 cm³/mol. The Labute approximate surface area is 187 Å². The van der Waals surface area contributed by atoms with Crippen LogP contribution in [0.2, 0.25) is 0 Å². The minimum Gasteiger partial charge on any atom is -0.484 e. The van der Waals surface area contributed by atoms with Crippen molar-refractivity contribution >= 4 is 11.8 Å². The highest BCUT2D eigenvalue weighted by molar-refractivity contribution is 5.85. The Balaban J connectivity index is 1.16. The van der Waals surface area contributed by atoms with Gasteiger partial charge in [-0.1, -0.05) is 66.7 Å². The molecule has 2 bridgehead atoms. The van der Waals surface area contributed by atoms with Crippen LogP contribution >= 0.6 is 0 Å². The number of hydrogen-bond acceptors (Lipinski definition) is 3. The molecule has 0 saturated carbocycles. The highest BCUT2D eigenvalue weighted by Crippen LogP contribution is 2.55. The Morgan fingerprint density at radius 2 is 1.34 bits per heavy atom. The lowest BCUT2D eigenvalue weighted by Crippen LogP contribution is -2.43. The van der Waals surface area contributed by atoms with Crippen LogP contribution in [0.5, 0.6) is 5.75 Å². The normalized spacial score (nSPS) is 20.1. The van der Waals surface area contributed by atoms with E-state index in [9.17, 15) is 9.59 Å². The van der Waals surface area contributed by atoms with Gasteiger partial charge in [0.2, 0.25) is 5.91 Å². The summed E-state index contributed by atoms with van der Waals surface area (Å²) in [5, 5.41) is 5.66. The molecule has 3 aromatic carbocycles. The van der Waals surface area contributed by atoms with Crippen LogP contribution in [0.3, 0.4) is 0 Å². The maximum Gasteiger partial charge on any atom is 0.258 e. The summed E-state index contributed by atoms with van der Waals surface area (Å²) in [6, 6.07) is 26.5. The van der Waals surface area contributed by atoms with Gasteiger partial charge in [-0.25, -0.2) is 0 Å². The van der Waals surface area contributed by atoms with Gasteiger partial charge >= 0.3 is 0 Å². The molecule has 3 aliphatic carbocycles. The largest absolute Gasteiger partial charge is 0.484 e. The van der Waals surface area contributed by atoms with Crippen molar-refractivity contribution < 1.29 is 14.3 Å². The molecule has 5 nitrogen and oxygen atoms in total. The summed E-state index contributed by atoms with van der Waals surface area (Å²) >= 11 is 0. The van der Waals surface area contributed by atoms with Crippen molar-refractivity contribution in [2.75, 3.05) is 19.7 Å². The molecule has 32 heavy (non-hydrogen) atoms. The summed E-state index contributed by atoms with van der Waals surface area (Å²) in [6.07, 6.45) is 1.02. The summed E-state index contributed by atoms with van der Waals surface area (Å²) in [7, 11) is 0. The van der Waals surface area contributed by atoms with Crippen molar-refractivity contribution in [3.63, 3.8) is 0 Å². The molecule has 6 rings (SSSR count). The van der Waals surface area contributed by atoms with Crippen LogP contribution in [0, 0.1) is 5.92 Å². The van der Waals surface area contributed by atoms with E-state index in [0.717, 1.165) is 6.42 Å². The molecular formula is C27H26N2O3. The molecule has 3 aliphatic rings. The number of carbonyl (C=O) groups is 2. The van der Waals surface area contributed by atoms with Crippen molar-refractivity contribution in [1.29, 1.82) is 0 Å². The number of benzene rings is 3. The molecule has 0 fully saturated rings. The van der Waals surface area contributed by atoms with Gasteiger partial charge in [0.1, 0.15) is 5.75 Å². The number of amides is 2. The SMILES string of the molecule is O=C(CNC(=O)COc1ccccc1)NCC1CC2c3ccccc3C1c1ccccc12. The van der Waals surface area contributed by atoms with Crippen molar-refractivity contribution in [3.8, 4) is 5.75 Å². The molecule has 0 aliphatic heterocycles. The van der Waals surface area contributed by atoms with Gasteiger partial charge in [-0.3, -0.25) is 9.59 Å². The third-order valence-electron chi connectivity index (χ3n) is 6.54. The lowest BCUT2D eigenvalue weighted by Gasteiger charge is -2.45. The third kappa shape index (κ3) is 3.98. The third-order valence-corrected chi connectivity index (χ3v) is 6.54. The second-order valence-electron chi connectivity index (χ2n) is 8.47. The average Bonchev–Trinajstić information content (AvgIpc) is 2.85. The van der Waals surface area contributed by atoms with Gasteiger partial charge in [0, 0.05) is 18.4 Å². The fourth-order valence-corrected chi connectivity index (χ4v) is 5.16. The first-order valence-corrected chi connectivity index (χ1v) is 11.1. The summed E-state index contributed by atoms with van der Waals surface area (Å²) in [6.45, 7) is 0.432. The Bertz CT molecular complexity index is 1080. The molecule has 5 heteroatoms. The minimum absolute atomic E-state index is 0.0506. The molecule has 0 spiro atoms. The van der Waals surface area contributed by atoms with Crippen LogP contribution < -0.4 is 15.4 Å². The summed E-state index contributed by atoms with van der Waals surface area (Å²) in [5.41, 5.74) is 5.61. The van der Waals surface area contributed by atoms with E-state index in [1.165, 1.54) is 22.3 Å². The van der Waals surface area contributed by atoms with Crippen LogP contribution in [-0.4, -0.2) is 31.5 Å². The molecule has 0 saturated heterocycles. The van der Waals surface area contributed by atoms with Gasteiger partial charge in [-0.05, 0) is 46.7 Å². The standard InChI is InChI=1S/C27H26N2O3/c30-25(16-29-26(31)17-32-19-8-2-1-3-9-19)28-15-18-14-24-20-10-4-6-12-22(20)27(18)23-13-7-5-11-21(23)24/h1-13,18,24,27H,14-17H2,(H,28,30)(H,29,31). The van der Waals surface area contributed by atoms with E-state index in [1.54, 1.807) is 12.1 Å². The molecule has 2 N–H and O–H groups in total. The first kappa shape index (κ1) is 20.3. The Hall–Kier alpha value is -3.60. The van der Waals surface area contributed by atoms with E-state index in [0.29, 0.717) is 30.0 Å². The van der Waals surface area contributed by atoms with Gasteiger partial charge in [0.15, 0.2) is 6.61 Å². The molecule has 1 atom stereocenters. The van der Waals surface area contributed by atoms with Crippen molar-refractivity contribution in [1.82, 2.24) is 10.6 Å². The molecule has 162 valence electrons. The average molecular weight is 427 g/mol. The molecule has 2 amide bonds. The van der Waals surface area contributed by atoms with Gasteiger partial charge < -0.3 is 15.4 Å².